The highest BCUT2D eigenvalue weighted by Gasteiger charge is 2.50. The Morgan fingerprint density at radius 2 is 2.33 bits per heavy atom. The fourth-order valence-corrected chi connectivity index (χ4v) is 4.03. The highest BCUT2D eigenvalue weighted by Crippen LogP contribution is 2.50. The molecule has 0 radical (unpaired) electrons. The summed E-state index contributed by atoms with van der Waals surface area (Å²) in [6, 6.07) is 2.04. The van der Waals surface area contributed by atoms with Gasteiger partial charge in [0.1, 0.15) is 0 Å². The molecule has 0 aromatic carbocycles. The van der Waals surface area contributed by atoms with Crippen molar-refractivity contribution in [3.63, 3.8) is 0 Å². The van der Waals surface area contributed by atoms with Crippen LogP contribution in [0.25, 0.3) is 0 Å². The fraction of sp³-hybridized carbons (Fsp3) is 0.643. The quantitative estimate of drug-likeness (QED) is 0.782. The third-order valence-electron chi connectivity index (χ3n) is 4.22. The molecule has 0 amide bonds. The predicted molar refractivity (Wildman–Crippen MR) is 76.3 cm³/mol. The maximum absolute atomic E-state index is 6.25. The maximum Gasteiger partial charge on any atom is 0.0671 e. The van der Waals surface area contributed by atoms with Crippen molar-refractivity contribution >= 4 is 27.5 Å². The van der Waals surface area contributed by atoms with Gasteiger partial charge in [-0.1, -0.05) is 27.5 Å². The van der Waals surface area contributed by atoms with E-state index in [-0.39, 0.29) is 5.41 Å². The molecule has 1 aromatic rings. The third kappa shape index (κ3) is 2.33. The first kappa shape index (κ1) is 12.9. The van der Waals surface area contributed by atoms with Crippen LogP contribution in [0.5, 0.6) is 0 Å². The van der Waals surface area contributed by atoms with Crippen LogP contribution in [0.15, 0.2) is 18.5 Å². The molecule has 98 valence electrons. The molecule has 4 heteroatoms. The van der Waals surface area contributed by atoms with E-state index in [9.17, 15) is 0 Å². The molecule has 1 aliphatic heterocycles. The number of aromatic nitrogens is 1. The first-order valence-corrected chi connectivity index (χ1v) is 8.01. The van der Waals surface area contributed by atoms with Crippen molar-refractivity contribution in [3.8, 4) is 0 Å². The van der Waals surface area contributed by atoms with Gasteiger partial charge in [-0.2, -0.15) is 0 Å². The number of nitrogens with zero attached hydrogens (tertiary/aromatic N) is 1. The van der Waals surface area contributed by atoms with Gasteiger partial charge in [0.2, 0.25) is 0 Å². The monoisotopic (exact) mass is 329 g/mol. The van der Waals surface area contributed by atoms with E-state index in [1.165, 1.54) is 18.4 Å². The minimum atomic E-state index is 0.214. The lowest BCUT2D eigenvalue weighted by Crippen LogP contribution is -2.36. The number of hydrogen-bond acceptors (Lipinski definition) is 2. The van der Waals surface area contributed by atoms with Crippen molar-refractivity contribution in [1.29, 1.82) is 0 Å². The molecule has 18 heavy (non-hydrogen) atoms. The zero-order chi connectivity index (χ0) is 12.6. The molecule has 2 aliphatic rings. The lowest BCUT2D eigenvalue weighted by molar-refractivity contribution is 0.0413. The second-order valence-electron chi connectivity index (χ2n) is 5.52. The maximum atomic E-state index is 6.25. The van der Waals surface area contributed by atoms with E-state index < -0.39 is 0 Å². The number of rotatable bonds is 4. The minimum absolute atomic E-state index is 0.214. The van der Waals surface area contributed by atoms with Gasteiger partial charge in [0, 0.05) is 29.7 Å². The molecule has 3 rings (SSSR count). The van der Waals surface area contributed by atoms with E-state index in [1.807, 2.05) is 12.3 Å². The van der Waals surface area contributed by atoms with Gasteiger partial charge in [-0.05, 0) is 43.2 Å². The lowest BCUT2D eigenvalue weighted by Gasteiger charge is -2.33. The normalized spacial score (nSPS) is 31.8. The molecule has 0 spiro atoms. The van der Waals surface area contributed by atoms with Crippen LogP contribution in [0.2, 0.25) is 5.02 Å². The van der Waals surface area contributed by atoms with Crippen LogP contribution in [0, 0.1) is 11.3 Å². The second-order valence-corrected chi connectivity index (χ2v) is 6.49. The van der Waals surface area contributed by atoms with Gasteiger partial charge in [-0.3, -0.25) is 4.98 Å². The molecule has 1 saturated carbocycles. The number of ether oxygens (including phenoxy) is 1. The Labute approximate surface area is 121 Å². The van der Waals surface area contributed by atoms with Crippen molar-refractivity contribution in [2.24, 2.45) is 11.3 Å². The Balaban J connectivity index is 1.85. The van der Waals surface area contributed by atoms with E-state index in [0.717, 1.165) is 35.7 Å². The standard InChI is InChI=1S/C14H17BrClNO/c15-9-14(4-6-18-13(14)10-1-2-10)7-11-3-5-17-8-12(11)16/h3,5,8,10,13H,1-2,4,6-7,9H2. The highest BCUT2D eigenvalue weighted by atomic mass is 79.9. The summed E-state index contributed by atoms with van der Waals surface area (Å²) < 4.78 is 6.01. The molecule has 0 bridgehead atoms. The summed E-state index contributed by atoms with van der Waals surface area (Å²) >= 11 is 9.96. The zero-order valence-electron chi connectivity index (χ0n) is 10.2. The topological polar surface area (TPSA) is 22.1 Å². The fourth-order valence-electron chi connectivity index (χ4n) is 3.05. The SMILES string of the molecule is Clc1cnccc1CC1(CBr)CCOC1C1CC1. The van der Waals surface area contributed by atoms with Gasteiger partial charge in [-0.15, -0.1) is 0 Å². The van der Waals surface area contributed by atoms with E-state index >= 15 is 0 Å². The molecule has 1 saturated heterocycles. The lowest BCUT2D eigenvalue weighted by atomic mass is 9.76. The van der Waals surface area contributed by atoms with Crippen molar-refractivity contribution in [1.82, 2.24) is 4.98 Å². The average Bonchev–Trinajstić information content (AvgIpc) is 3.14. The van der Waals surface area contributed by atoms with Crippen LogP contribution < -0.4 is 0 Å². The summed E-state index contributed by atoms with van der Waals surface area (Å²) in [6.07, 6.45) is 8.72. The summed E-state index contributed by atoms with van der Waals surface area (Å²) in [4.78, 5) is 4.06. The first-order chi connectivity index (χ1) is 8.75. The van der Waals surface area contributed by atoms with Crippen molar-refractivity contribution < 1.29 is 4.74 Å². The van der Waals surface area contributed by atoms with Crippen LogP contribution in [0.3, 0.4) is 0 Å². The van der Waals surface area contributed by atoms with Gasteiger partial charge >= 0.3 is 0 Å². The molecule has 2 heterocycles. The number of halogens is 2. The Morgan fingerprint density at radius 1 is 1.50 bits per heavy atom. The van der Waals surface area contributed by atoms with Gasteiger partial charge in [0.05, 0.1) is 11.1 Å². The van der Waals surface area contributed by atoms with E-state index in [0.29, 0.717) is 6.10 Å². The molecule has 1 aromatic heterocycles. The van der Waals surface area contributed by atoms with Gasteiger partial charge in [-0.25, -0.2) is 0 Å². The summed E-state index contributed by atoms with van der Waals surface area (Å²) in [7, 11) is 0. The van der Waals surface area contributed by atoms with E-state index in [4.69, 9.17) is 16.3 Å². The average molecular weight is 331 g/mol. The van der Waals surface area contributed by atoms with Crippen molar-refractivity contribution in [3.05, 3.63) is 29.0 Å². The van der Waals surface area contributed by atoms with Crippen LogP contribution >= 0.6 is 27.5 Å². The zero-order valence-corrected chi connectivity index (χ0v) is 12.6. The largest absolute Gasteiger partial charge is 0.377 e. The van der Waals surface area contributed by atoms with Gasteiger partial charge in [0.25, 0.3) is 0 Å². The number of pyridine rings is 1. The Bertz CT molecular complexity index is 438. The molecule has 0 N–H and O–H groups in total. The van der Waals surface area contributed by atoms with Crippen LogP contribution in [0.1, 0.15) is 24.8 Å². The van der Waals surface area contributed by atoms with Crippen LogP contribution in [-0.2, 0) is 11.2 Å². The Hall–Kier alpha value is -0.120. The Morgan fingerprint density at radius 3 is 3.00 bits per heavy atom. The van der Waals surface area contributed by atoms with Crippen molar-refractivity contribution in [2.45, 2.75) is 31.8 Å². The van der Waals surface area contributed by atoms with Crippen LogP contribution in [0.4, 0.5) is 0 Å². The van der Waals surface area contributed by atoms with Crippen molar-refractivity contribution in [2.75, 3.05) is 11.9 Å². The minimum Gasteiger partial charge on any atom is -0.377 e. The summed E-state index contributed by atoms with van der Waals surface area (Å²) in [5.41, 5.74) is 1.41. The van der Waals surface area contributed by atoms with Gasteiger partial charge in [0.15, 0.2) is 0 Å². The second kappa shape index (κ2) is 5.10. The summed E-state index contributed by atoms with van der Waals surface area (Å²) in [6.45, 7) is 0.884. The van der Waals surface area contributed by atoms with Gasteiger partial charge < -0.3 is 4.74 Å². The van der Waals surface area contributed by atoms with Crippen LogP contribution in [-0.4, -0.2) is 23.0 Å². The first-order valence-electron chi connectivity index (χ1n) is 6.51. The van der Waals surface area contributed by atoms with E-state index in [1.54, 1.807) is 6.20 Å². The highest BCUT2D eigenvalue weighted by molar-refractivity contribution is 9.09. The predicted octanol–water partition coefficient (Wildman–Crippen LogP) is 3.86. The molecule has 2 nitrogen and oxygen atoms in total. The van der Waals surface area contributed by atoms with E-state index in [2.05, 4.69) is 20.9 Å². The molecular weight excluding hydrogens is 314 g/mol. The molecular formula is C14H17BrClNO. The smallest absolute Gasteiger partial charge is 0.0671 e. The number of alkyl halides is 1. The summed E-state index contributed by atoms with van der Waals surface area (Å²) in [5, 5.41) is 1.76. The Kier molecular flexibility index (Phi) is 3.65. The third-order valence-corrected chi connectivity index (χ3v) is 5.67. The molecule has 2 fully saturated rings. The number of hydrogen-bond donors (Lipinski definition) is 0. The summed E-state index contributed by atoms with van der Waals surface area (Å²) in [5.74, 6) is 0.769. The molecule has 2 unspecified atom stereocenters. The molecule has 1 aliphatic carbocycles. The molecule has 2 atom stereocenters.